The van der Waals surface area contributed by atoms with E-state index in [0.29, 0.717) is 33.7 Å². The van der Waals surface area contributed by atoms with Gasteiger partial charge in [-0.2, -0.15) is 0 Å². The van der Waals surface area contributed by atoms with E-state index in [9.17, 15) is 4.79 Å². The largest absolute Gasteiger partial charge is 0.472 e. The minimum absolute atomic E-state index is 0.0280. The van der Waals surface area contributed by atoms with Crippen molar-refractivity contribution >= 4 is 17.2 Å². The van der Waals surface area contributed by atoms with E-state index in [1.54, 1.807) is 24.3 Å². The molecule has 3 aliphatic heterocycles. The third kappa shape index (κ3) is 3.39. The molecule has 8 heteroatoms. The summed E-state index contributed by atoms with van der Waals surface area (Å²) in [6, 6.07) is 7.71. The fourth-order valence-electron chi connectivity index (χ4n) is 3.88. The molecule has 1 N–H and O–H groups in total. The highest BCUT2D eigenvalue weighted by molar-refractivity contribution is 7.14. The lowest BCUT2D eigenvalue weighted by Crippen LogP contribution is -2.62. The summed E-state index contributed by atoms with van der Waals surface area (Å²) in [4.78, 5) is 15.1. The SMILES string of the molecule is COc1nnc(Oc2ccc(C(=O)N[C@@H]3C4CCN(CC4)[C@H]3C)cc2)s1. The Balaban J connectivity index is 1.39. The molecular formula is C18H22N4O3S. The predicted octanol–water partition coefficient (Wildman–Crippen LogP) is 2.55. The van der Waals surface area contributed by atoms with Crippen molar-refractivity contribution in [3.05, 3.63) is 29.8 Å². The quantitative estimate of drug-likeness (QED) is 0.867. The van der Waals surface area contributed by atoms with Gasteiger partial charge in [-0.1, -0.05) is 10.2 Å². The number of ether oxygens (including phenoxy) is 2. The summed E-state index contributed by atoms with van der Waals surface area (Å²) in [5.41, 5.74) is 0.635. The first kappa shape index (κ1) is 17.2. The van der Waals surface area contributed by atoms with E-state index in [1.165, 1.54) is 31.3 Å². The fourth-order valence-corrected chi connectivity index (χ4v) is 4.41. The highest BCUT2D eigenvalue weighted by atomic mass is 32.1. The van der Waals surface area contributed by atoms with E-state index < -0.39 is 0 Å². The molecule has 0 aliphatic carbocycles. The van der Waals surface area contributed by atoms with E-state index in [2.05, 4.69) is 27.3 Å². The van der Waals surface area contributed by atoms with Crippen LogP contribution in [0, 0.1) is 5.92 Å². The molecule has 3 fully saturated rings. The number of piperidine rings is 3. The number of benzene rings is 1. The Kier molecular flexibility index (Phi) is 4.78. The summed E-state index contributed by atoms with van der Waals surface area (Å²) in [7, 11) is 1.54. The van der Waals surface area contributed by atoms with Crippen molar-refractivity contribution in [2.75, 3.05) is 20.2 Å². The van der Waals surface area contributed by atoms with Gasteiger partial charge in [0.2, 0.25) is 0 Å². The Morgan fingerprint density at radius 1 is 1.19 bits per heavy atom. The Morgan fingerprint density at radius 3 is 2.50 bits per heavy atom. The van der Waals surface area contributed by atoms with Gasteiger partial charge in [-0.05, 0) is 74.4 Å². The first-order chi connectivity index (χ1) is 12.6. The molecule has 2 aromatic rings. The normalized spacial score (nSPS) is 27.2. The molecular weight excluding hydrogens is 352 g/mol. The maximum Gasteiger partial charge on any atom is 0.302 e. The summed E-state index contributed by atoms with van der Waals surface area (Å²) < 4.78 is 10.6. The molecule has 3 aliphatic rings. The maximum atomic E-state index is 12.6. The number of hydrogen-bond donors (Lipinski definition) is 1. The van der Waals surface area contributed by atoms with Crippen LogP contribution in [0.1, 0.15) is 30.1 Å². The van der Waals surface area contributed by atoms with Crippen molar-refractivity contribution in [3.63, 3.8) is 0 Å². The van der Waals surface area contributed by atoms with Crippen LogP contribution in [-0.4, -0.2) is 53.3 Å². The second-order valence-electron chi connectivity index (χ2n) is 6.78. The third-order valence-electron chi connectivity index (χ3n) is 5.36. The van der Waals surface area contributed by atoms with Crippen molar-refractivity contribution in [2.24, 2.45) is 5.92 Å². The van der Waals surface area contributed by atoms with Gasteiger partial charge in [-0.15, -0.1) is 0 Å². The Morgan fingerprint density at radius 2 is 1.88 bits per heavy atom. The van der Waals surface area contributed by atoms with Gasteiger partial charge in [-0.3, -0.25) is 9.69 Å². The number of methoxy groups -OCH3 is 1. The molecule has 4 heterocycles. The molecule has 0 spiro atoms. The number of nitrogens with one attached hydrogen (secondary N) is 1. The Labute approximate surface area is 156 Å². The van der Waals surface area contributed by atoms with Gasteiger partial charge in [0.05, 0.1) is 7.11 Å². The van der Waals surface area contributed by atoms with E-state index in [-0.39, 0.29) is 11.9 Å². The minimum Gasteiger partial charge on any atom is -0.472 e. The summed E-state index contributed by atoms with van der Waals surface area (Å²) >= 11 is 1.22. The van der Waals surface area contributed by atoms with Gasteiger partial charge in [0.25, 0.3) is 11.1 Å². The molecule has 2 atom stereocenters. The molecule has 26 heavy (non-hydrogen) atoms. The summed E-state index contributed by atoms with van der Waals surface area (Å²) in [6.45, 7) is 4.52. The van der Waals surface area contributed by atoms with Crippen LogP contribution in [0.4, 0.5) is 0 Å². The maximum absolute atomic E-state index is 12.6. The van der Waals surface area contributed by atoms with Crippen LogP contribution in [0.15, 0.2) is 24.3 Å². The van der Waals surface area contributed by atoms with E-state index >= 15 is 0 Å². The van der Waals surface area contributed by atoms with Gasteiger partial charge >= 0.3 is 5.19 Å². The van der Waals surface area contributed by atoms with Crippen LogP contribution >= 0.6 is 11.3 Å². The van der Waals surface area contributed by atoms with E-state index in [4.69, 9.17) is 9.47 Å². The molecule has 1 aromatic carbocycles. The average Bonchev–Trinajstić information content (AvgIpc) is 3.13. The second kappa shape index (κ2) is 7.20. The summed E-state index contributed by atoms with van der Waals surface area (Å²) in [6.07, 6.45) is 2.35. The molecule has 7 nitrogen and oxygen atoms in total. The zero-order chi connectivity index (χ0) is 18.1. The summed E-state index contributed by atoms with van der Waals surface area (Å²) in [5, 5.41) is 11.8. The van der Waals surface area contributed by atoms with Gasteiger partial charge in [-0.25, -0.2) is 0 Å². The predicted molar refractivity (Wildman–Crippen MR) is 98.0 cm³/mol. The van der Waals surface area contributed by atoms with Crippen molar-refractivity contribution in [1.29, 1.82) is 0 Å². The molecule has 0 saturated carbocycles. The van der Waals surface area contributed by atoms with Gasteiger partial charge in [0, 0.05) is 17.6 Å². The highest BCUT2D eigenvalue weighted by Crippen LogP contribution is 2.32. The number of fused-ring (bicyclic) bond motifs is 3. The molecule has 138 valence electrons. The van der Waals surface area contributed by atoms with Crippen LogP contribution < -0.4 is 14.8 Å². The van der Waals surface area contributed by atoms with Crippen LogP contribution in [0.2, 0.25) is 0 Å². The zero-order valence-corrected chi connectivity index (χ0v) is 15.7. The topological polar surface area (TPSA) is 76.6 Å². The van der Waals surface area contributed by atoms with Gasteiger partial charge in [0.15, 0.2) is 0 Å². The standard InChI is InChI=1S/C18H22N4O3S/c1-11-15(12-7-9-22(11)10-8-12)19-16(23)13-3-5-14(6-4-13)25-18-21-20-17(24-2)26-18/h3-6,11-12,15H,7-10H2,1-2H3,(H,19,23)/t11-,15-/m0/s1. The zero-order valence-electron chi connectivity index (χ0n) is 14.8. The van der Waals surface area contributed by atoms with Crippen molar-refractivity contribution in [1.82, 2.24) is 20.4 Å². The first-order valence-corrected chi connectivity index (χ1v) is 9.66. The lowest BCUT2D eigenvalue weighted by molar-refractivity contribution is 0.0217. The number of hydrogen-bond acceptors (Lipinski definition) is 7. The van der Waals surface area contributed by atoms with Crippen molar-refractivity contribution in [2.45, 2.75) is 31.8 Å². The molecule has 5 rings (SSSR count). The lowest BCUT2D eigenvalue weighted by Gasteiger charge is -2.49. The molecule has 3 saturated heterocycles. The van der Waals surface area contributed by atoms with Crippen LogP contribution in [0.25, 0.3) is 0 Å². The first-order valence-electron chi connectivity index (χ1n) is 8.84. The van der Waals surface area contributed by atoms with E-state index in [0.717, 1.165) is 13.1 Å². The Hall–Kier alpha value is -2.19. The number of carbonyl (C=O) groups excluding carboxylic acids is 1. The minimum atomic E-state index is -0.0280. The third-order valence-corrected chi connectivity index (χ3v) is 6.12. The van der Waals surface area contributed by atoms with E-state index in [1.807, 2.05) is 0 Å². The summed E-state index contributed by atoms with van der Waals surface area (Å²) in [5.74, 6) is 1.17. The Bertz CT molecular complexity index is 769. The molecule has 2 bridgehead atoms. The van der Waals surface area contributed by atoms with Crippen LogP contribution in [-0.2, 0) is 0 Å². The number of carbonyl (C=O) groups is 1. The van der Waals surface area contributed by atoms with Crippen molar-refractivity contribution < 1.29 is 14.3 Å². The molecule has 1 amide bonds. The van der Waals surface area contributed by atoms with Crippen LogP contribution in [0.5, 0.6) is 16.1 Å². The highest BCUT2D eigenvalue weighted by Gasteiger charge is 2.40. The number of rotatable bonds is 5. The van der Waals surface area contributed by atoms with Crippen molar-refractivity contribution in [3.8, 4) is 16.1 Å². The number of nitrogens with zero attached hydrogens (tertiary/aromatic N) is 3. The lowest BCUT2D eigenvalue weighted by atomic mass is 9.79. The smallest absolute Gasteiger partial charge is 0.302 e. The van der Waals surface area contributed by atoms with Crippen LogP contribution in [0.3, 0.4) is 0 Å². The molecule has 0 unspecified atom stereocenters. The molecule has 1 aromatic heterocycles. The number of amides is 1. The second-order valence-corrected chi connectivity index (χ2v) is 7.68. The molecule has 0 radical (unpaired) electrons. The van der Waals surface area contributed by atoms with Gasteiger partial charge in [0.1, 0.15) is 5.75 Å². The van der Waals surface area contributed by atoms with Gasteiger partial charge < -0.3 is 14.8 Å². The fraction of sp³-hybridized carbons (Fsp3) is 0.500. The average molecular weight is 374 g/mol. The number of aromatic nitrogens is 2. The monoisotopic (exact) mass is 374 g/mol.